The molecule has 1 aromatic rings. The van der Waals surface area contributed by atoms with Crippen LogP contribution in [-0.2, 0) is 11.0 Å². The lowest BCUT2D eigenvalue weighted by Crippen LogP contribution is -2.19. The number of carbonyl (C=O) groups excluding carboxylic acids is 1. The summed E-state index contributed by atoms with van der Waals surface area (Å²) in [7, 11) is 0. The van der Waals surface area contributed by atoms with Crippen LogP contribution in [0.2, 0.25) is 0 Å². The van der Waals surface area contributed by atoms with E-state index in [1.807, 2.05) is 13.8 Å². The Morgan fingerprint density at radius 1 is 1.40 bits per heavy atom. The van der Waals surface area contributed by atoms with Crippen molar-refractivity contribution in [2.24, 2.45) is 11.7 Å². The van der Waals surface area contributed by atoms with Crippen LogP contribution in [0.5, 0.6) is 0 Å². The highest BCUT2D eigenvalue weighted by Crippen LogP contribution is 2.33. The molecule has 0 heterocycles. The van der Waals surface area contributed by atoms with Gasteiger partial charge in [0.05, 0.1) is 5.56 Å². The molecule has 7 heteroatoms. The first-order valence-corrected chi connectivity index (χ1v) is 6.33. The van der Waals surface area contributed by atoms with E-state index in [0.29, 0.717) is 0 Å². The van der Waals surface area contributed by atoms with Crippen LogP contribution in [0.15, 0.2) is 18.2 Å². The number of nitrogens with two attached hydrogens (primary N) is 1. The van der Waals surface area contributed by atoms with Gasteiger partial charge in [0.2, 0.25) is 5.91 Å². The number of nitrogens with one attached hydrogen (secondary N) is 1. The maximum Gasteiger partial charge on any atom is 0.417 e. The van der Waals surface area contributed by atoms with Crippen molar-refractivity contribution in [3.8, 4) is 0 Å². The van der Waals surface area contributed by atoms with Gasteiger partial charge in [0.1, 0.15) is 4.99 Å². The van der Waals surface area contributed by atoms with E-state index in [2.05, 4.69) is 17.5 Å². The summed E-state index contributed by atoms with van der Waals surface area (Å²) < 4.78 is 38.7. The van der Waals surface area contributed by atoms with Crippen molar-refractivity contribution in [3.63, 3.8) is 0 Å². The van der Waals surface area contributed by atoms with Gasteiger partial charge in [-0.15, -0.1) is 0 Å². The zero-order valence-electron chi connectivity index (χ0n) is 11.0. The summed E-state index contributed by atoms with van der Waals surface area (Å²) in [6.45, 7) is 3.69. The number of benzene rings is 1. The molecule has 0 radical (unpaired) electrons. The number of carbonyl (C=O) groups is 1. The van der Waals surface area contributed by atoms with Gasteiger partial charge in [0.25, 0.3) is 0 Å². The second-order valence-electron chi connectivity index (χ2n) is 4.77. The number of hydrogen-bond acceptors (Lipinski definition) is 2. The Hall–Kier alpha value is -1.63. The first-order valence-electron chi connectivity index (χ1n) is 5.92. The van der Waals surface area contributed by atoms with E-state index in [1.165, 1.54) is 6.07 Å². The molecule has 0 aromatic heterocycles. The highest BCUT2D eigenvalue weighted by molar-refractivity contribution is 7.80. The number of anilines is 1. The number of halogens is 3. The van der Waals surface area contributed by atoms with Crippen molar-refractivity contribution in [2.45, 2.75) is 26.4 Å². The zero-order valence-corrected chi connectivity index (χ0v) is 11.9. The van der Waals surface area contributed by atoms with Gasteiger partial charge in [-0.2, -0.15) is 13.2 Å². The molecule has 1 amide bonds. The maximum atomic E-state index is 12.9. The third-order valence-electron chi connectivity index (χ3n) is 2.47. The van der Waals surface area contributed by atoms with Crippen molar-refractivity contribution in [1.29, 1.82) is 0 Å². The highest BCUT2D eigenvalue weighted by Gasteiger charge is 2.34. The van der Waals surface area contributed by atoms with Crippen molar-refractivity contribution in [2.75, 3.05) is 5.32 Å². The van der Waals surface area contributed by atoms with Gasteiger partial charge in [-0.25, -0.2) is 0 Å². The van der Waals surface area contributed by atoms with Gasteiger partial charge in [0, 0.05) is 17.7 Å². The van der Waals surface area contributed by atoms with E-state index >= 15 is 0 Å². The summed E-state index contributed by atoms with van der Waals surface area (Å²) in [5.41, 5.74) is 4.14. The van der Waals surface area contributed by atoms with Gasteiger partial charge in [-0.3, -0.25) is 4.79 Å². The second kappa shape index (κ2) is 6.21. The number of hydrogen-bond donors (Lipinski definition) is 2. The van der Waals surface area contributed by atoms with Gasteiger partial charge in [-0.1, -0.05) is 26.1 Å². The van der Waals surface area contributed by atoms with Crippen molar-refractivity contribution < 1.29 is 18.0 Å². The standard InChI is InChI=1S/C13H15F3N2OS/c1-7(2)5-11(19)18-8-3-4-9(12(17)20)10(6-8)13(14,15)16/h3-4,6-7H,5H2,1-2H3,(H2,17,20)(H,18,19). The Kier molecular flexibility index (Phi) is 5.10. The minimum absolute atomic E-state index is 0.0722. The van der Waals surface area contributed by atoms with Gasteiger partial charge >= 0.3 is 6.18 Å². The molecule has 1 aromatic carbocycles. The molecule has 3 nitrogen and oxygen atoms in total. The Bertz CT molecular complexity index is 527. The summed E-state index contributed by atoms with van der Waals surface area (Å²) in [5.74, 6) is -0.218. The smallest absolute Gasteiger partial charge is 0.389 e. The average Bonchev–Trinajstić information content (AvgIpc) is 2.25. The molecule has 0 aliphatic carbocycles. The Balaban J connectivity index is 3.08. The fraction of sp³-hybridized carbons (Fsp3) is 0.385. The van der Waals surface area contributed by atoms with Gasteiger partial charge in [0.15, 0.2) is 0 Å². The molecule has 0 saturated carbocycles. The molecule has 0 aliphatic heterocycles. The molecule has 0 fully saturated rings. The van der Waals surface area contributed by atoms with Crippen LogP contribution < -0.4 is 11.1 Å². The average molecular weight is 304 g/mol. The number of thiocarbonyl (C=S) groups is 1. The minimum Gasteiger partial charge on any atom is -0.389 e. The zero-order chi connectivity index (χ0) is 15.5. The van der Waals surface area contributed by atoms with E-state index in [-0.39, 0.29) is 34.5 Å². The van der Waals surface area contributed by atoms with Crippen LogP contribution in [0.1, 0.15) is 31.4 Å². The third-order valence-corrected chi connectivity index (χ3v) is 2.69. The largest absolute Gasteiger partial charge is 0.417 e. The SMILES string of the molecule is CC(C)CC(=O)Nc1ccc(C(N)=S)c(C(F)(F)F)c1. The van der Waals surface area contributed by atoms with E-state index in [1.54, 1.807) is 0 Å². The summed E-state index contributed by atoms with van der Waals surface area (Å²) in [4.78, 5) is 11.2. The number of amides is 1. The first-order chi connectivity index (χ1) is 9.11. The topological polar surface area (TPSA) is 55.1 Å². The molecule has 0 saturated heterocycles. The summed E-state index contributed by atoms with van der Waals surface area (Å²) in [6.07, 6.45) is -4.35. The molecule has 110 valence electrons. The highest BCUT2D eigenvalue weighted by atomic mass is 32.1. The molecule has 20 heavy (non-hydrogen) atoms. The molecule has 0 atom stereocenters. The Labute approximate surface area is 120 Å². The lowest BCUT2D eigenvalue weighted by atomic mass is 10.1. The van der Waals surface area contributed by atoms with Crippen LogP contribution in [0.25, 0.3) is 0 Å². The molecule has 0 spiro atoms. The first kappa shape index (κ1) is 16.4. The lowest BCUT2D eigenvalue weighted by Gasteiger charge is -2.14. The molecule has 3 N–H and O–H groups in total. The molecule has 0 aliphatic rings. The Morgan fingerprint density at radius 2 is 2.00 bits per heavy atom. The molecular weight excluding hydrogens is 289 g/mol. The molecular formula is C13H15F3N2OS. The fourth-order valence-corrected chi connectivity index (χ4v) is 1.83. The van der Waals surface area contributed by atoms with E-state index in [0.717, 1.165) is 12.1 Å². The maximum absolute atomic E-state index is 12.9. The van der Waals surface area contributed by atoms with Gasteiger partial charge < -0.3 is 11.1 Å². The van der Waals surface area contributed by atoms with E-state index in [9.17, 15) is 18.0 Å². The monoisotopic (exact) mass is 304 g/mol. The summed E-state index contributed by atoms with van der Waals surface area (Å²) in [6, 6.07) is 3.35. The predicted molar refractivity (Wildman–Crippen MR) is 75.4 cm³/mol. The molecule has 0 bridgehead atoms. The molecule has 1 rings (SSSR count). The van der Waals surface area contributed by atoms with Crippen molar-refractivity contribution in [1.82, 2.24) is 0 Å². The van der Waals surface area contributed by atoms with Crippen LogP contribution in [0.3, 0.4) is 0 Å². The van der Waals surface area contributed by atoms with Crippen LogP contribution in [0, 0.1) is 5.92 Å². The minimum atomic E-state index is -4.59. The third kappa shape index (κ3) is 4.48. The summed E-state index contributed by atoms with van der Waals surface area (Å²) in [5, 5.41) is 2.43. The normalized spacial score (nSPS) is 11.5. The van der Waals surface area contributed by atoms with Gasteiger partial charge in [-0.05, 0) is 24.1 Å². The van der Waals surface area contributed by atoms with Crippen LogP contribution >= 0.6 is 12.2 Å². The van der Waals surface area contributed by atoms with Crippen LogP contribution in [-0.4, -0.2) is 10.9 Å². The lowest BCUT2D eigenvalue weighted by molar-refractivity contribution is -0.137. The van der Waals surface area contributed by atoms with Crippen molar-refractivity contribution >= 4 is 28.8 Å². The van der Waals surface area contributed by atoms with Crippen molar-refractivity contribution in [3.05, 3.63) is 29.3 Å². The number of alkyl halides is 3. The molecule has 0 unspecified atom stereocenters. The number of rotatable bonds is 4. The Morgan fingerprint density at radius 3 is 2.45 bits per heavy atom. The van der Waals surface area contributed by atoms with E-state index < -0.39 is 11.7 Å². The van der Waals surface area contributed by atoms with Crippen LogP contribution in [0.4, 0.5) is 18.9 Å². The fourth-order valence-electron chi connectivity index (χ4n) is 1.65. The second-order valence-corrected chi connectivity index (χ2v) is 5.21. The summed E-state index contributed by atoms with van der Waals surface area (Å²) >= 11 is 4.60. The predicted octanol–water partition coefficient (Wildman–Crippen LogP) is 3.32. The van der Waals surface area contributed by atoms with E-state index in [4.69, 9.17) is 5.73 Å². The quantitative estimate of drug-likeness (QED) is 0.839.